The van der Waals surface area contributed by atoms with E-state index in [2.05, 4.69) is 32.1 Å². The number of fused-ring (bicyclic) bond motifs is 1. The smallest absolute Gasteiger partial charge is 0.293 e. The Bertz CT molecular complexity index is 1700. The van der Waals surface area contributed by atoms with Crippen LogP contribution < -0.4 is 25.2 Å². The molecule has 2 heterocycles. The number of nitrogens with two attached hydrogens (primary N) is 1. The normalized spacial score (nSPS) is 10.9. The molecule has 0 atom stereocenters. The molecule has 0 saturated carbocycles. The van der Waals surface area contributed by atoms with Crippen LogP contribution in [0.25, 0.3) is 11.0 Å². The Morgan fingerprint density at radius 3 is 2.64 bits per heavy atom. The van der Waals surface area contributed by atoms with Gasteiger partial charge in [-0.2, -0.15) is 5.10 Å². The largest absolute Gasteiger partial charge is 0.496 e. The van der Waals surface area contributed by atoms with Crippen molar-refractivity contribution in [2.24, 2.45) is 5.73 Å². The molecule has 2 aromatic carbocycles. The van der Waals surface area contributed by atoms with E-state index < -0.39 is 15.9 Å². The Balaban J connectivity index is 1.49. The number of nitrogens with one attached hydrogen (secondary N) is 2. The highest BCUT2D eigenvalue weighted by atomic mass is 32.2. The molecule has 4 rings (SSSR count). The topological polar surface area (TPSA) is 181 Å². The van der Waals surface area contributed by atoms with Gasteiger partial charge < -0.3 is 25.0 Å². The third-order valence-corrected chi connectivity index (χ3v) is 6.77. The monoisotopic (exact) mass is 552 g/mol. The van der Waals surface area contributed by atoms with E-state index in [4.69, 9.17) is 19.7 Å². The first-order chi connectivity index (χ1) is 18.7. The minimum atomic E-state index is -4.04. The maximum absolute atomic E-state index is 13.0. The third kappa shape index (κ3) is 6.46. The van der Waals surface area contributed by atoms with Crippen molar-refractivity contribution in [2.75, 3.05) is 18.9 Å². The summed E-state index contributed by atoms with van der Waals surface area (Å²) in [5, 5.41) is 11.2. The van der Waals surface area contributed by atoms with Crippen molar-refractivity contribution in [1.82, 2.24) is 20.3 Å². The van der Waals surface area contributed by atoms with E-state index in [-0.39, 0.29) is 35.3 Å². The Kier molecular flexibility index (Phi) is 8.01. The van der Waals surface area contributed by atoms with E-state index >= 15 is 0 Å². The van der Waals surface area contributed by atoms with Gasteiger partial charge in [-0.3, -0.25) is 19.0 Å². The Hall–Kier alpha value is -5.03. The van der Waals surface area contributed by atoms with Crippen LogP contribution in [-0.4, -0.2) is 49.4 Å². The summed E-state index contributed by atoms with van der Waals surface area (Å²) >= 11 is 0. The summed E-state index contributed by atoms with van der Waals surface area (Å²) in [4.78, 5) is 22.4. The number of nitrogens with zero attached hydrogens (tertiary/aromatic N) is 3. The predicted molar refractivity (Wildman–Crippen MR) is 139 cm³/mol. The van der Waals surface area contributed by atoms with Gasteiger partial charge in [0.15, 0.2) is 11.4 Å². The molecule has 39 heavy (non-hydrogen) atoms. The average molecular weight is 553 g/mol. The first-order valence-corrected chi connectivity index (χ1v) is 12.9. The summed E-state index contributed by atoms with van der Waals surface area (Å²) in [5.41, 5.74) is 6.70. The molecule has 0 unspecified atom stereocenters. The molecule has 0 aliphatic rings. The van der Waals surface area contributed by atoms with Crippen LogP contribution in [0.5, 0.6) is 11.5 Å². The molecule has 2 amide bonds. The van der Waals surface area contributed by atoms with Crippen molar-refractivity contribution in [3.05, 3.63) is 59.9 Å². The minimum Gasteiger partial charge on any atom is -0.496 e. The molecule has 2 aromatic heterocycles. The molecule has 14 heteroatoms. The number of rotatable bonds is 10. The highest BCUT2D eigenvalue weighted by Gasteiger charge is 2.24. The van der Waals surface area contributed by atoms with Gasteiger partial charge in [0.2, 0.25) is 5.91 Å². The van der Waals surface area contributed by atoms with E-state index in [1.165, 1.54) is 26.4 Å². The Labute approximate surface area is 223 Å². The van der Waals surface area contributed by atoms with Crippen LogP contribution in [0.4, 0.5) is 5.82 Å². The van der Waals surface area contributed by atoms with Crippen LogP contribution in [0.2, 0.25) is 0 Å². The van der Waals surface area contributed by atoms with Gasteiger partial charge in [-0.05, 0) is 35.7 Å². The molecule has 4 aromatic rings. The van der Waals surface area contributed by atoms with Crippen molar-refractivity contribution in [2.45, 2.75) is 24.4 Å². The molecule has 0 aliphatic heterocycles. The van der Waals surface area contributed by atoms with E-state index in [1.54, 1.807) is 41.3 Å². The van der Waals surface area contributed by atoms with Crippen LogP contribution >= 0.6 is 0 Å². The molecule has 0 radical (unpaired) electrons. The predicted octanol–water partition coefficient (Wildman–Crippen LogP) is 1.39. The lowest BCUT2D eigenvalue weighted by atomic mass is 10.1. The quantitative estimate of drug-likeness (QED) is 0.245. The second kappa shape index (κ2) is 11.6. The summed E-state index contributed by atoms with van der Waals surface area (Å²) in [6.07, 6.45) is 3.20. The number of methoxy groups -OCH3 is 2. The van der Waals surface area contributed by atoms with Gasteiger partial charge >= 0.3 is 0 Å². The molecular formula is C25H24N6O7S. The summed E-state index contributed by atoms with van der Waals surface area (Å²) in [5.74, 6) is 3.84. The number of sulfonamides is 1. The van der Waals surface area contributed by atoms with Gasteiger partial charge in [-0.1, -0.05) is 23.2 Å². The van der Waals surface area contributed by atoms with Gasteiger partial charge in [0.25, 0.3) is 15.9 Å². The minimum absolute atomic E-state index is 0.0306. The molecular weight excluding hydrogens is 528 g/mol. The second-order valence-corrected chi connectivity index (χ2v) is 9.78. The molecule has 0 aliphatic carbocycles. The zero-order valence-electron chi connectivity index (χ0n) is 20.9. The summed E-state index contributed by atoms with van der Waals surface area (Å²) in [6.45, 7) is 0.546. The number of hydrogen-bond acceptors (Lipinski definition) is 9. The van der Waals surface area contributed by atoms with Gasteiger partial charge in [0, 0.05) is 18.3 Å². The number of benzene rings is 2. The van der Waals surface area contributed by atoms with Crippen molar-refractivity contribution in [3.8, 4) is 23.3 Å². The first kappa shape index (κ1) is 27.0. The second-order valence-electron chi connectivity index (χ2n) is 8.12. The fourth-order valence-corrected chi connectivity index (χ4v) is 4.86. The zero-order valence-corrected chi connectivity index (χ0v) is 21.7. The number of amides is 2. The van der Waals surface area contributed by atoms with Crippen molar-refractivity contribution < 1.29 is 32.0 Å². The number of para-hydroxylation sites is 1. The fraction of sp³-hybridized carbons (Fsp3) is 0.200. The average Bonchev–Trinajstić information content (AvgIpc) is 3.53. The Morgan fingerprint density at radius 2 is 1.90 bits per heavy atom. The molecule has 0 fully saturated rings. The van der Waals surface area contributed by atoms with Crippen LogP contribution in [0, 0.1) is 11.8 Å². The van der Waals surface area contributed by atoms with Crippen LogP contribution in [0.1, 0.15) is 17.5 Å². The number of anilines is 1. The highest BCUT2D eigenvalue weighted by molar-refractivity contribution is 7.92. The van der Waals surface area contributed by atoms with E-state index in [1.807, 2.05) is 0 Å². The number of primary amides is 1. The van der Waals surface area contributed by atoms with Gasteiger partial charge in [-0.25, -0.2) is 8.42 Å². The van der Waals surface area contributed by atoms with Crippen LogP contribution in [-0.2, 0) is 32.7 Å². The summed E-state index contributed by atoms with van der Waals surface area (Å²) < 4.78 is 46.3. The molecule has 13 nitrogen and oxygen atoms in total. The van der Waals surface area contributed by atoms with Crippen LogP contribution in [0.15, 0.2) is 58.2 Å². The van der Waals surface area contributed by atoms with Crippen molar-refractivity contribution in [1.29, 1.82) is 0 Å². The lowest BCUT2D eigenvalue weighted by Gasteiger charge is -2.11. The van der Waals surface area contributed by atoms with Gasteiger partial charge in [0.05, 0.1) is 33.4 Å². The molecule has 4 N–H and O–H groups in total. The van der Waals surface area contributed by atoms with Gasteiger partial charge in [-0.15, -0.1) is 0 Å². The number of hydrogen-bond donors (Lipinski definition) is 3. The molecule has 0 saturated heterocycles. The lowest BCUT2D eigenvalue weighted by Crippen LogP contribution is -2.21. The zero-order chi connectivity index (χ0) is 28.0. The number of carbonyl (C=O) groups is 2. The van der Waals surface area contributed by atoms with Crippen molar-refractivity contribution in [3.63, 3.8) is 0 Å². The van der Waals surface area contributed by atoms with Crippen LogP contribution in [0.3, 0.4) is 0 Å². The summed E-state index contributed by atoms with van der Waals surface area (Å²) in [6, 6.07) is 9.63. The number of aromatic nitrogens is 3. The maximum atomic E-state index is 13.0. The first-order valence-electron chi connectivity index (χ1n) is 11.4. The van der Waals surface area contributed by atoms with E-state index in [0.29, 0.717) is 23.3 Å². The van der Waals surface area contributed by atoms with E-state index in [0.717, 1.165) is 11.1 Å². The maximum Gasteiger partial charge on any atom is 0.293 e. The van der Waals surface area contributed by atoms with Crippen molar-refractivity contribution >= 4 is 38.6 Å². The summed E-state index contributed by atoms with van der Waals surface area (Å²) in [7, 11) is -1.21. The molecule has 202 valence electrons. The SMILES string of the molecule is COc1ccccc1S(=O)(=O)Nc1noc2cc(Cn3cc(CNC(=O)CC#CC(N)=O)cn3)cc(OC)c12. The number of ether oxygens (including phenoxy) is 2. The lowest BCUT2D eigenvalue weighted by molar-refractivity contribution is -0.120. The molecule has 0 spiro atoms. The van der Waals surface area contributed by atoms with E-state index in [9.17, 15) is 18.0 Å². The standard InChI is InChI=1S/C25H24N6O7S/c1-36-18-6-3-4-7-21(18)39(34,35)30-25-24-19(37-2)10-16(11-20(24)38-29-25)14-31-15-17(13-28-31)12-27-23(33)9-5-8-22(26)32/h3-4,6-7,10-11,13,15H,9,12,14H2,1-2H3,(H2,26,32)(H,27,33)(H,29,30). The Morgan fingerprint density at radius 1 is 1.13 bits per heavy atom. The molecule has 0 bridgehead atoms. The highest BCUT2D eigenvalue weighted by Crippen LogP contribution is 2.35. The van der Waals surface area contributed by atoms with Gasteiger partial charge in [0.1, 0.15) is 21.8 Å². The number of carbonyl (C=O) groups excluding carboxylic acids is 2. The fourth-order valence-electron chi connectivity index (χ4n) is 3.68. The third-order valence-electron chi connectivity index (χ3n) is 5.39.